The van der Waals surface area contributed by atoms with Crippen LogP contribution in [0.1, 0.15) is 42.5 Å². The first-order chi connectivity index (χ1) is 9.78. The first kappa shape index (κ1) is 13.6. The standard InChI is InChI=1S/C12H19N7S/c1-18-8-9(7-14-18)11(6-13)20-12-15-16-17-19(12)10-4-2-3-5-10/h7-8,10-11H,2-6,13H2,1H3. The average molecular weight is 293 g/mol. The van der Waals surface area contributed by atoms with Crippen LogP contribution in [0.5, 0.6) is 0 Å². The number of tetrazole rings is 1. The predicted octanol–water partition coefficient (Wildman–Crippen LogP) is 1.31. The van der Waals surface area contributed by atoms with E-state index in [0.717, 1.165) is 10.7 Å². The maximum Gasteiger partial charge on any atom is 0.210 e. The van der Waals surface area contributed by atoms with E-state index < -0.39 is 0 Å². The highest BCUT2D eigenvalue weighted by Gasteiger charge is 2.24. The van der Waals surface area contributed by atoms with E-state index in [1.165, 1.54) is 25.7 Å². The van der Waals surface area contributed by atoms with E-state index >= 15 is 0 Å². The predicted molar refractivity (Wildman–Crippen MR) is 76.2 cm³/mol. The highest BCUT2D eigenvalue weighted by atomic mass is 32.2. The van der Waals surface area contributed by atoms with E-state index in [2.05, 4.69) is 20.6 Å². The smallest absolute Gasteiger partial charge is 0.210 e. The van der Waals surface area contributed by atoms with Crippen molar-refractivity contribution in [2.75, 3.05) is 6.54 Å². The molecule has 2 aromatic rings. The molecule has 1 saturated carbocycles. The quantitative estimate of drug-likeness (QED) is 0.836. The minimum Gasteiger partial charge on any atom is -0.329 e. The van der Waals surface area contributed by atoms with Crippen LogP contribution < -0.4 is 5.73 Å². The number of hydrogen-bond donors (Lipinski definition) is 1. The number of rotatable bonds is 5. The second-order valence-corrected chi connectivity index (χ2v) is 6.30. The van der Waals surface area contributed by atoms with E-state index in [4.69, 9.17) is 5.73 Å². The van der Waals surface area contributed by atoms with E-state index in [9.17, 15) is 0 Å². The van der Waals surface area contributed by atoms with Gasteiger partial charge in [-0.15, -0.1) is 5.10 Å². The fourth-order valence-electron chi connectivity index (χ4n) is 2.63. The Labute approximate surface area is 121 Å². The summed E-state index contributed by atoms with van der Waals surface area (Å²) in [5.41, 5.74) is 7.01. The highest BCUT2D eigenvalue weighted by Crippen LogP contribution is 2.36. The SMILES string of the molecule is Cn1cc(C(CN)Sc2nnnn2C2CCCC2)cn1. The highest BCUT2D eigenvalue weighted by molar-refractivity contribution is 7.99. The summed E-state index contributed by atoms with van der Waals surface area (Å²) < 4.78 is 3.76. The lowest BCUT2D eigenvalue weighted by molar-refractivity contribution is 0.422. The lowest BCUT2D eigenvalue weighted by Crippen LogP contribution is -2.12. The number of nitrogens with two attached hydrogens (primary N) is 1. The molecule has 0 amide bonds. The van der Waals surface area contributed by atoms with Crippen molar-refractivity contribution in [3.63, 3.8) is 0 Å². The van der Waals surface area contributed by atoms with E-state index in [1.54, 1.807) is 16.4 Å². The maximum atomic E-state index is 5.90. The van der Waals surface area contributed by atoms with Gasteiger partial charge in [-0.3, -0.25) is 4.68 Å². The fourth-order valence-corrected chi connectivity index (χ4v) is 3.61. The molecule has 0 aliphatic heterocycles. The van der Waals surface area contributed by atoms with Crippen LogP contribution in [0.15, 0.2) is 17.6 Å². The lowest BCUT2D eigenvalue weighted by atomic mass is 10.2. The molecule has 2 heterocycles. The molecule has 0 bridgehead atoms. The Kier molecular flexibility index (Phi) is 4.02. The fraction of sp³-hybridized carbons (Fsp3) is 0.667. The van der Waals surface area contributed by atoms with Crippen LogP contribution in [0.25, 0.3) is 0 Å². The largest absolute Gasteiger partial charge is 0.329 e. The third kappa shape index (κ3) is 2.71. The Balaban J connectivity index is 1.77. The van der Waals surface area contributed by atoms with Gasteiger partial charge in [0.25, 0.3) is 0 Å². The minimum atomic E-state index is 0.134. The normalized spacial score (nSPS) is 17.7. The molecule has 7 nitrogen and oxygen atoms in total. The monoisotopic (exact) mass is 293 g/mol. The molecule has 3 rings (SSSR count). The van der Waals surface area contributed by atoms with Crippen LogP contribution in [0.3, 0.4) is 0 Å². The Morgan fingerprint density at radius 1 is 1.45 bits per heavy atom. The lowest BCUT2D eigenvalue weighted by Gasteiger charge is -2.14. The first-order valence-electron chi connectivity index (χ1n) is 6.91. The topological polar surface area (TPSA) is 87.4 Å². The van der Waals surface area contributed by atoms with Gasteiger partial charge in [0.15, 0.2) is 0 Å². The molecule has 0 spiro atoms. The van der Waals surface area contributed by atoms with Crippen LogP contribution >= 0.6 is 11.8 Å². The third-order valence-electron chi connectivity index (χ3n) is 3.69. The molecule has 1 unspecified atom stereocenters. The molecular weight excluding hydrogens is 274 g/mol. The summed E-state index contributed by atoms with van der Waals surface area (Å²) in [6, 6.07) is 0.444. The summed E-state index contributed by atoms with van der Waals surface area (Å²) in [5.74, 6) is 0. The number of aromatic nitrogens is 6. The third-order valence-corrected chi connectivity index (χ3v) is 4.92. The van der Waals surface area contributed by atoms with Gasteiger partial charge >= 0.3 is 0 Å². The minimum absolute atomic E-state index is 0.134. The molecule has 8 heteroatoms. The van der Waals surface area contributed by atoms with Gasteiger partial charge in [0.05, 0.1) is 17.5 Å². The molecule has 108 valence electrons. The second kappa shape index (κ2) is 5.92. The summed E-state index contributed by atoms with van der Waals surface area (Å²) in [6.45, 7) is 0.536. The Morgan fingerprint density at radius 2 is 2.25 bits per heavy atom. The van der Waals surface area contributed by atoms with Crippen molar-refractivity contribution >= 4 is 11.8 Å². The second-order valence-electron chi connectivity index (χ2n) is 5.13. The zero-order chi connectivity index (χ0) is 13.9. The zero-order valence-electron chi connectivity index (χ0n) is 11.5. The molecule has 1 aliphatic carbocycles. The van der Waals surface area contributed by atoms with Crippen LogP contribution in [0.2, 0.25) is 0 Å². The van der Waals surface area contributed by atoms with E-state index in [0.29, 0.717) is 12.6 Å². The zero-order valence-corrected chi connectivity index (χ0v) is 12.3. The van der Waals surface area contributed by atoms with Crippen molar-refractivity contribution in [1.82, 2.24) is 30.0 Å². The average Bonchev–Trinajstić information content (AvgIpc) is 3.16. The van der Waals surface area contributed by atoms with Crippen molar-refractivity contribution in [2.24, 2.45) is 12.8 Å². The summed E-state index contributed by atoms with van der Waals surface area (Å²) >= 11 is 1.62. The molecule has 1 atom stereocenters. The molecule has 0 saturated heterocycles. The number of hydrogen-bond acceptors (Lipinski definition) is 6. The number of nitrogens with zero attached hydrogens (tertiary/aromatic N) is 6. The molecule has 20 heavy (non-hydrogen) atoms. The summed E-state index contributed by atoms with van der Waals surface area (Å²) in [5, 5.41) is 17.3. The van der Waals surface area contributed by atoms with Gasteiger partial charge in [-0.1, -0.05) is 24.6 Å². The number of thioether (sulfide) groups is 1. The van der Waals surface area contributed by atoms with Crippen LogP contribution in [0, 0.1) is 0 Å². The van der Waals surface area contributed by atoms with Crippen LogP contribution in [-0.4, -0.2) is 36.5 Å². The molecular formula is C12H19N7S. The van der Waals surface area contributed by atoms with Crippen molar-refractivity contribution in [2.45, 2.75) is 42.1 Å². The van der Waals surface area contributed by atoms with Gasteiger partial charge in [0, 0.05) is 25.4 Å². The van der Waals surface area contributed by atoms with Gasteiger partial charge in [-0.2, -0.15) is 5.10 Å². The van der Waals surface area contributed by atoms with Crippen molar-refractivity contribution < 1.29 is 0 Å². The summed E-state index contributed by atoms with van der Waals surface area (Å²) in [4.78, 5) is 0. The van der Waals surface area contributed by atoms with Gasteiger partial charge in [-0.05, 0) is 23.3 Å². The molecule has 0 aromatic carbocycles. The Morgan fingerprint density at radius 3 is 2.90 bits per heavy atom. The first-order valence-corrected chi connectivity index (χ1v) is 7.79. The molecule has 1 aliphatic rings. The van der Waals surface area contributed by atoms with Crippen LogP contribution in [0.4, 0.5) is 0 Å². The molecule has 1 fully saturated rings. The Bertz CT molecular complexity index is 558. The van der Waals surface area contributed by atoms with Crippen molar-refractivity contribution in [3.05, 3.63) is 18.0 Å². The van der Waals surface area contributed by atoms with Gasteiger partial charge < -0.3 is 5.73 Å². The van der Waals surface area contributed by atoms with E-state index in [-0.39, 0.29) is 5.25 Å². The number of aryl methyl sites for hydroxylation is 1. The summed E-state index contributed by atoms with van der Waals surface area (Å²) in [7, 11) is 1.91. The van der Waals surface area contributed by atoms with Gasteiger partial charge in [-0.25, -0.2) is 4.68 Å². The summed E-state index contributed by atoms with van der Waals surface area (Å²) in [6.07, 6.45) is 8.70. The van der Waals surface area contributed by atoms with E-state index in [1.807, 2.05) is 24.1 Å². The molecule has 2 N–H and O–H groups in total. The Hall–Kier alpha value is -1.41. The maximum absolute atomic E-state index is 5.90. The van der Waals surface area contributed by atoms with Crippen molar-refractivity contribution in [1.29, 1.82) is 0 Å². The van der Waals surface area contributed by atoms with Gasteiger partial charge in [0.2, 0.25) is 5.16 Å². The van der Waals surface area contributed by atoms with Crippen molar-refractivity contribution in [3.8, 4) is 0 Å². The molecule has 0 radical (unpaired) electrons. The van der Waals surface area contributed by atoms with Crippen LogP contribution in [-0.2, 0) is 7.05 Å². The van der Waals surface area contributed by atoms with Gasteiger partial charge in [0.1, 0.15) is 0 Å². The molecule has 2 aromatic heterocycles.